The number of ether oxygens (including phenoxy) is 1. The highest BCUT2D eigenvalue weighted by Crippen LogP contribution is 2.25. The van der Waals surface area contributed by atoms with E-state index in [-0.39, 0.29) is 12.1 Å². The van der Waals surface area contributed by atoms with Crippen LogP contribution in [0.3, 0.4) is 0 Å². The largest absolute Gasteiger partial charge is 0.496 e. The Morgan fingerprint density at radius 1 is 1.31 bits per heavy atom. The monoisotopic (exact) mass is 353 g/mol. The van der Waals surface area contributed by atoms with Gasteiger partial charge >= 0.3 is 6.03 Å². The van der Waals surface area contributed by atoms with Crippen molar-refractivity contribution < 1.29 is 9.53 Å². The molecule has 26 heavy (non-hydrogen) atoms. The van der Waals surface area contributed by atoms with E-state index in [1.54, 1.807) is 7.11 Å². The number of nitrogens with one attached hydrogen (secondary N) is 1. The van der Waals surface area contributed by atoms with E-state index in [1.165, 1.54) is 6.42 Å². The lowest BCUT2D eigenvalue weighted by atomic mass is 9.97. The molecule has 2 heterocycles. The fraction of sp³-hybridized carbons (Fsp3) is 0.429. The summed E-state index contributed by atoms with van der Waals surface area (Å²) in [6.45, 7) is 2.80. The molecular weight excluding hydrogens is 326 g/mol. The summed E-state index contributed by atoms with van der Waals surface area (Å²) in [5.41, 5.74) is 2.91. The average molecular weight is 353 g/mol. The fourth-order valence-electron chi connectivity index (χ4n) is 3.52. The summed E-state index contributed by atoms with van der Waals surface area (Å²) >= 11 is 0. The summed E-state index contributed by atoms with van der Waals surface area (Å²) in [7, 11) is 1.65. The summed E-state index contributed by atoms with van der Waals surface area (Å²) in [5, 5.41) is 3.03. The van der Waals surface area contributed by atoms with Gasteiger partial charge in [-0.25, -0.2) is 4.79 Å². The van der Waals surface area contributed by atoms with E-state index in [2.05, 4.69) is 10.3 Å². The van der Waals surface area contributed by atoms with Crippen LogP contribution in [0.15, 0.2) is 42.6 Å². The van der Waals surface area contributed by atoms with Gasteiger partial charge in [0.15, 0.2) is 0 Å². The molecule has 0 spiro atoms. The molecule has 1 saturated heterocycles. The molecule has 2 amide bonds. The van der Waals surface area contributed by atoms with Gasteiger partial charge in [0.2, 0.25) is 0 Å². The number of rotatable bonds is 5. The number of aryl methyl sites for hydroxylation is 2. The van der Waals surface area contributed by atoms with Gasteiger partial charge in [-0.05, 0) is 62.8 Å². The van der Waals surface area contributed by atoms with Crippen LogP contribution in [-0.4, -0.2) is 35.6 Å². The van der Waals surface area contributed by atoms with Crippen LogP contribution in [0.1, 0.15) is 36.9 Å². The number of nitrogens with zero attached hydrogens (tertiary/aromatic N) is 2. The normalized spacial score (nSPS) is 17.0. The highest BCUT2D eigenvalue weighted by Gasteiger charge is 2.26. The Morgan fingerprint density at radius 3 is 2.96 bits per heavy atom. The van der Waals surface area contributed by atoms with Crippen LogP contribution in [0, 0.1) is 6.92 Å². The minimum Gasteiger partial charge on any atom is -0.496 e. The topological polar surface area (TPSA) is 54.5 Å². The van der Waals surface area contributed by atoms with E-state index in [9.17, 15) is 4.79 Å². The molecule has 0 bridgehead atoms. The highest BCUT2D eigenvalue weighted by atomic mass is 16.5. The first kappa shape index (κ1) is 18.2. The number of hydrogen-bond acceptors (Lipinski definition) is 3. The van der Waals surface area contributed by atoms with E-state index in [1.807, 2.05) is 54.4 Å². The molecule has 0 radical (unpaired) electrons. The van der Waals surface area contributed by atoms with E-state index < -0.39 is 0 Å². The molecule has 3 rings (SSSR count). The Morgan fingerprint density at radius 2 is 2.19 bits per heavy atom. The van der Waals surface area contributed by atoms with Gasteiger partial charge in [0.1, 0.15) is 5.75 Å². The van der Waals surface area contributed by atoms with Crippen molar-refractivity contribution in [2.45, 2.75) is 45.1 Å². The number of piperidine rings is 1. The molecule has 0 saturated carbocycles. The average Bonchev–Trinajstić information content (AvgIpc) is 2.69. The van der Waals surface area contributed by atoms with Crippen molar-refractivity contribution in [3.05, 3.63) is 53.9 Å². The standard InChI is InChI=1S/C21H27N3O2/c1-16-9-10-18(15-20(16)26-2)23-21(25)24-14-6-4-8-19(24)12-11-17-7-3-5-13-22-17/h3,5,7,9-10,13,15,19H,4,6,8,11-12,14H2,1-2H3,(H,23,25)/t19-/m0/s1. The molecule has 1 fully saturated rings. The van der Waals surface area contributed by atoms with E-state index in [0.29, 0.717) is 0 Å². The molecule has 1 aliphatic rings. The minimum absolute atomic E-state index is 0.0263. The van der Waals surface area contributed by atoms with Gasteiger partial charge < -0.3 is 15.0 Å². The first-order valence-electron chi connectivity index (χ1n) is 9.29. The van der Waals surface area contributed by atoms with Gasteiger partial charge in [-0.2, -0.15) is 0 Å². The van der Waals surface area contributed by atoms with Gasteiger partial charge in [0, 0.05) is 36.2 Å². The van der Waals surface area contributed by atoms with Crippen molar-refractivity contribution in [1.29, 1.82) is 0 Å². The lowest BCUT2D eigenvalue weighted by Gasteiger charge is -2.35. The summed E-state index contributed by atoms with van der Waals surface area (Å²) in [6, 6.07) is 12.0. The molecule has 1 aliphatic heterocycles. The van der Waals surface area contributed by atoms with Crippen molar-refractivity contribution in [1.82, 2.24) is 9.88 Å². The third kappa shape index (κ3) is 4.54. The summed E-state index contributed by atoms with van der Waals surface area (Å²) in [5.74, 6) is 0.785. The van der Waals surface area contributed by atoms with Crippen molar-refractivity contribution in [2.24, 2.45) is 0 Å². The van der Waals surface area contributed by atoms with Gasteiger partial charge in [0.05, 0.1) is 7.11 Å². The van der Waals surface area contributed by atoms with Crippen LogP contribution in [0.2, 0.25) is 0 Å². The van der Waals surface area contributed by atoms with Crippen LogP contribution in [-0.2, 0) is 6.42 Å². The number of urea groups is 1. The third-order valence-electron chi connectivity index (χ3n) is 5.01. The van der Waals surface area contributed by atoms with Gasteiger partial charge in [-0.15, -0.1) is 0 Å². The number of amides is 2. The molecular formula is C21H27N3O2. The van der Waals surface area contributed by atoms with Crippen LogP contribution in [0.4, 0.5) is 10.5 Å². The minimum atomic E-state index is -0.0263. The van der Waals surface area contributed by atoms with Crippen molar-refractivity contribution in [3.63, 3.8) is 0 Å². The number of aromatic nitrogens is 1. The van der Waals surface area contributed by atoms with Gasteiger partial charge in [-0.1, -0.05) is 12.1 Å². The predicted molar refractivity (Wildman–Crippen MR) is 104 cm³/mol. The van der Waals surface area contributed by atoms with E-state index in [0.717, 1.165) is 54.9 Å². The molecule has 1 aromatic carbocycles. The lowest BCUT2D eigenvalue weighted by Crippen LogP contribution is -2.46. The molecule has 138 valence electrons. The SMILES string of the molecule is COc1cc(NC(=O)N2CCCC[C@H]2CCc2ccccn2)ccc1C. The molecule has 5 heteroatoms. The Bertz CT molecular complexity index is 733. The third-order valence-corrected chi connectivity index (χ3v) is 5.01. The molecule has 1 N–H and O–H groups in total. The van der Waals surface area contributed by atoms with Gasteiger partial charge in [0.25, 0.3) is 0 Å². The van der Waals surface area contributed by atoms with Crippen molar-refractivity contribution in [2.75, 3.05) is 19.0 Å². The van der Waals surface area contributed by atoms with Crippen molar-refractivity contribution >= 4 is 11.7 Å². The first-order chi connectivity index (χ1) is 12.7. The maximum Gasteiger partial charge on any atom is 0.322 e. The number of hydrogen-bond donors (Lipinski definition) is 1. The Labute approximate surface area is 155 Å². The number of likely N-dealkylation sites (tertiary alicyclic amines) is 1. The first-order valence-corrected chi connectivity index (χ1v) is 9.29. The molecule has 1 atom stereocenters. The molecule has 2 aromatic rings. The predicted octanol–water partition coefficient (Wildman–Crippen LogP) is 4.42. The summed E-state index contributed by atoms with van der Waals surface area (Å²) < 4.78 is 5.35. The second kappa shape index (κ2) is 8.70. The molecule has 0 aliphatic carbocycles. The van der Waals surface area contributed by atoms with Crippen LogP contribution in [0.5, 0.6) is 5.75 Å². The number of pyridine rings is 1. The second-order valence-electron chi connectivity index (χ2n) is 6.82. The van der Waals surface area contributed by atoms with Gasteiger partial charge in [-0.3, -0.25) is 4.98 Å². The maximum atomic E-state index is 12.8. The summed E-state index contributed by atoms with van der Waals surface area (Å²) in [4.78, 5) is 19.2. The second-order valence-corrected chi connectivity index (χ2v) is 6.82. The Balaban J connectivity index is 1.64. The molecule has 0 unspecified atom stereocenters. The zero-order chi connectivity index (χ0) is 18.4. The van der Waals surface area contributed by atoms with Crippen LogP contribution >= 0.6 is 0 Å². The smallest absolute Gasteiger partial charge is 0.322 e. The summed E-state index contributed by atoms with van der Waals surface area (Å²) in [6.07, 6.45) is 6.96. The van der Waals surface area contributed by atoms with Crippen LogP contribution < -0.4 is 10.1 Å². The zero-order valence-corrected chi connectivity index (χ0v) is 15.6. The number of carbonyl (C=O) groups excluding carboxylic acids is 1. The fourth-order valence-corrected chi connectivity index (χ4v) is 3.52. The maximum absolute atomic E-state index is 12.8. The Kier molecular flexibility index (Phi) is 6.10. The number of methoxy groups -OCH3 is 1. The zero-order valence-electron chi connectivity index (χ0n) is 15.6. The van der Waals surface area contributed by atoms with Crippen molar-refractivity contribution in [3.8, 4) is 5.75 Å². The van der Waals surface area contributed by atoms with E-state index in [4.69, 9.17) is 4.74 Å². The Hall–Kier alpha value is -2.56. The molecule has 1 aromatic heterocycles. The number of benzene rings is 1. The van der Waals surface area contributed by atoms with Crippen LogP contribution in [0.25, 0.3) is 0 Å². The van der Waals surface area contributed by atoms with E-state index >= 15 is 0 Å². The lowest BCUT2D eigenvalue weighted by molar-refractivity contribution is 0.158. The highest BCUT2D eigenvalue weighted by molar-refractivity contribution is 5.90. The molecule has 5 nitrogen and oxygen atoms in total. The quantitative estimate of drug-likeness (QED) is 0.866. The number of anilines is 1. The number of carbonyl (C=O) groups is 1.